The molecule has 0 aliphatic heterocycles. The first kappa shape index (κ1) is 24.8. The number of sulfonamides is 1. The molecule has 0 unspecified atom stereocenters. The topological polar surface area (TPSA) is 139 Å². The third-order valence-corrected chi connectivity index (χ3v) is 5.92. The molecule has 0 spiro atoms. The highest BCUT2D eigenvalue weighted by molar-refractivity contribution is 7.92. The van der Waals surface area contributed by atoms with Crippen molar-refractivity contribution >= 4 is 38.9 Å². The third-order valence-electron chi connectivity index (χ3n) is 4.80. The molecule has 0 fully saturated rings. The van der Waals surface area contributed by atoms with Gasteiger partial charge in [0.05, 0.1) is 28.1 Å². The summed E-state index contributed by atoms with van der Waals surface area (Å²) in [7, 11) is -3.95. The first-order valence-corrected chi connectivity index (χ1v) is 11.7. The van der Waals surface area contributed by atoms with Crippen LogP contribution >= 0.6 is 0 Å². The quantitative estimate of drug-likeness (QED) is 0.434. The fourth-order valence-electron chi connectivity index (χ4n) is 2.88. The van der Waals surface area contributed by atoms with E-state index in [0.717, 1.165) is 23.0 Å². The summed E-state index contributed by atoms with van der Waals surface area (Å²) in [5.74, 6) is -1.07. The van der Waals surface area contributed by atoms with Gasteiger partial charge in [0.25, 0.3) is 11.6 Å². The molecule has 11 heteroatoms. The van der Waals surface area contributed by atoms with Crippen LogP contribution < -0.4 is 14.9 Å². The van der Waals surface area contributed by atoms with Crippen LogP contribution in [0.4, 0.5) is 17.1 Å². The smallest absolute Gasteiger partial charge is 0.271 e. The molecular formula is C21H26N4O6S. The molecule has 10 nitrogen and oxygen atoms in total. The average Bonchev–Trinajstić information content (AvgIpc) is 2.71. The molecule has 2 aromatic rings. The highest BCUT2D eigenvalue weighted by Gasteiger charge is 2.25. The van der Waals surface area contributed by atoms with E-state index in [9.17, 15) is 28.1 Å². The van der Waals surface area contributed by atoms with Crippen molar-refractivity contribution in [1.82, 2.24) is 5.32 Å². The number of nitrogens with zero attached hydrogens (tertiary/aromatic N) is 2. The number of nitro benzene ring substituents is 1. The summed E-state index contributed by atoms with van der Waals surface area (Å²) in [5.41, 5.74) is 0.634. The number of carbonyl (C=O) groups excluding carboxylic acids is 2. The van der Waals surface area contributed by atoms with Crippen LogP contribution in [0.3, 0.4) is 0 Å². The zero-order valence-electron chi connectivity index (χ0n) is 18.3. The van der Waals surface area contributed by atoms with Crippen molar-refractivity contribution in [3.63, 3.8) is 0 Å². The second kappa shape index (κ2) is 10.2. The second-order valence-electron chi connectivity index (χ2n) is 7.37. The zero-order chi connectivity index (χ0) is 24.1. The van der Waals surface area contributed by atoms with Crippen LogP contribution in [0, 0.1) is 17.0 Å². The number of carbonyl (C=O) groups is 2. The van der Waals surface area contributed by atoms with Crippen molar-refractivity contribution < 1.29 is 22.9 Å². The molecule has 1 atom stereocenters. The molecule has 0 saturated heterocycles. The Morgan fingerprint density at radius 3 is 2.44 bits per heavy atom. The van der Waals surface area contributed by atoms with Gasteiger partial charge in [0.2, 0.25) is 15.9 Å². The largest absolute Gasteiger partial charge is 0.350 e. The number of hydrogen-bond donors (Lipinski definition) is 2. The normalized spacial score (nSPS) is 12.0. The number of nitro groups is 1. The first-order valence-electron chi connectivity index (χ1n) is 9.86. The maximum Gasteiger partial charge on any atom is 0.271 e. The van der Waals surface area contributed by atoms with Gasteiger partial charge in [-0.2, -0.15) is 0 Å². The highest BCUT2D eigenvalue weighted by atomic mass is 32.2. The predicted octanol–water partition coefficient (Wildman–Crippen LogP) is 2.84. The molecule has 2 amide bonds. The second-order valence-corrected chi connectivity index (χ2v) is 9.28. The molecule has 0 saturated carbocycles. The van der Waals surface area contributed by atoms with Crippen molar-refractivity contribution in [2.24, 2.45) is 0 Å². The lowest BCUT2D eigenvalue weighted by Crippen LogP contribution is -2.38. The molecule has 2 aromatic carbocycles. The molecule has 0 aliphatic carbocycles. The van der Waals surface area contributed by atoms with Gasteiger partial charge in [0.1, 0.15) is 6.54 Å². The minimum Gasteiger partial charge on any atom is -0.350 e. The Labute approximate surface area is 186 Å². The Hall–Kier alpha value is -3.47. The van der Waals surface area contributed by atoms with Gasteiger partial charge in [-0.1, -0.05) is 25.1 Å². The van der Waals surface area contributed by atoms with E-state index in [1.807, 2.05) is 13.8 Å². The van der Waals surface area contributed by atoms with E-state index in [-0.39, 0.29) is 34.6 Å². The van der Waals surface area contributed by atoms with Gasteiger partial charge in [-0.3, -0.25) is 24.0 Å². The van der Waals surface area contributed by atoms with Crippen molar-refractivity contribution in [1.29, 1.82) is 0 Å². The Bertz CT molecular complexity index is 1130. The number of benzene rings is 2. The minimum absolute atomic E-state index is 0.0275. The Balaban J connectivity index is 2.32. The van der Waals surface area contributed by atoms with Crippen molar-refractivity contribution in [2.45, 2.75) is 33.2 Å². The van der Waals surface area contributed by atoms with Crippen LogP contribution in [0.5, 0.6) is 0 Å². The van der Waals surface area contributed by atoms with Gasteiger partial charge < -0.3 is 10.6 Å². The number of aryl methyl sites for hydroxylation is 1. The van der Waals surface area contributed by atoms with Crippen molar-refractivity contribution in [3.05, 3.63) is 63.7 Å². The molecule has 32 heavy (non-hydrogen) atoms. The van der Waals surface area contributed by atoms with Crippen LogP contribution in [-0.2, 0) is 14.8 Å². The van der Waals surface area contributed by atoms with E-state index < -0.39 is 27.4 Å². The summed E-state index contributed by atoms with van der Waals surface area (Å²) >= 11 is 0. The zero-order valence-corrected chi connectivity index (χ0v) is 19.1. The lowest BCUT2D eigenvalue weighted by molar-refractivity contribution is -0.384. The Kier molecular flexibility index (Phi) is 7.92. The van der Waals surface area contributed by atoms with Crippen molar-refractivity contribution in [2.75, 3.05) is 22.4 Å². The SMILES string of the molecule is CC[C@@H](C)NC(=O)c1ccccc1NC(=O)CN(c1cc([N+](=O)[O-])ccc1C)S(C)(=O)=O. The number of anilines is 2. The summed E-state index contributed by atoms with van der Waals surface area (Å²) < 4.78 is 25.6. The summed E-state index contributed by atoms with van der Waals surface area (Å²) in [6, 6.07) is 10.1. The fourth-order valence-corrected chi connectivity index (χ4v) is 3.78. The summed E-state index contributed by atoms with van der Waals surface area (Å²) in [4.78, 5) is 35.8. The van der Waals surface area contributed by atoms with Gasteiger partial charge >= 0.3 is 0 Å². The lowest BCUT2D eigenvalue weighted by atomic mass is 10.1. The summed E-state index contributed by atoms with van der Waals surface area (Å²) in [5, 5.41) is 16.5. The Morgan fingerprint density at radius 1 is 1.19 bits per heavy atom. The number of rotatable bonds is 9. The molecule has 2 N–H and O–H groups in total. The van der Waals surface area contributed by atoms with Gasteiger partial charge in [0, 0.05) is 18.2 Å². The van der Waals surface area contributed by atoms with Crippen LogP contribution in [0.2, 0.25) is 0 Å². The molecule has 0 aliphatic rings. The summed E-state index contributed by atoms with van der Waals surface area (Å²) in [6.45, 7) is 4.74. The fraction of sp³-hybridized carbons (Fsp3) is 0.333. The number of para-hydroxylation sites is 1. The van der Waals surface area contributed by atoms with Crippen molar-refractivity contribution in [3.8, 4) is 0 Å². The standard InChI is InChI=1S/C21H26N4O6S/c1-5-15(3)22-21(27)17-8-6-7-9-18(17)23-20(26)13-24(32(4,30)31)19-12-16(25(28)29)11-10-14(19)2/h6-12,15H,5,13H2,1-4H3,(H,22,27)(H,23,26)/t15-/m1/s1. The van der Waals surface area contributed by atoms with Gasteiger partial charge in [-0.15, -0.1) is 0 Å². The van der Waals surface area contributed by atoms with Gasteiger partial charge in [-0.25, -0.2) is 8.42 Å². The molecule has 172 valence electrons. The molecule has 0 bridgehead atoms. The van der Waals surface area contributed by atoms with Gasteiger partial charge in [-0.05, 0) is 38.0 Å². The van der Waals surface area contributed by atoms with E-state index in [0.29, 0.717) is 5.56 Å². The average molecular weight is 463 g/mol. The third kappa shape index (κ3) is 6.27. The van der Waals surface area contributed by atoms with E-state index in [1.54, 1.807) is 25.1 Å². The number of non-ortho nitro benzene ring substituents is 1. The van der Waals surface area contributed by atoms with Crippen LogP contribution in [0.15, 0.2) is 42.5 Å². The van der Waals surface area contributed by atoms with Crippen LogP contribution in [0.1, 0.15) is 36.2 Å². The first-order chi connectivity index (χ1) is 14.9. The maximum atomic E-state index is 12.7. The maximum absolute atomic E-state index is 12.7. The number of hydrogen-bond acceptors (Lipinski definition) is 6. The molecular weight excluding hydrogens is 436 g/mol. The molecule has 0 aromatic heterocycles. The van der Waals surface area contributed by atoms with Crippen LogP contribution in [0.25, 0.3) is 0 Å². The molecule has 0 radical (unpaired) electrons. The Morgan fingerprint density at radius 2 is 1.84 bits per heavy atom. The molecule has 2 rings (SSSR count). The van der Waals surface area contributed by atoms with E-state index in [4.69, 9.17) is 0 Å². The lowest BCUT2D eigenvalue weighted by Gasteiger charge is -2.23. The minimum atomic E-state index is -3.95. The highest BCUT2D eigenvalue weighted by Crippen LogP contribution is 2.27. The molecule has 0 heterocycles. The monoisotopic (exact) mass is 462 g/mol. The van der Waals surface area contributed by atoms with E-state index in [1.165, 1.54) is 18.2 Å². The van der Waals surface area contributed by atoms with E-state index in [2.05, 4.69) is 10.6 Å². The summed E-state index contributed by atoms with van der Waals surface area (Å²) in [6.07, 6.45) is 1.64. The van der Waals surface area contributed by atoms with E-state index >= 15 is 0 Å². The predicted molar refractivity (Wildman–Crippen MR) is 122 cm³/mol. The van der Waals surface area contributed by atoms with Crippen LogP contribution in [-0.4, -0.2) is 44.0 Å². The number of nitrogens with one attached hydrogen (secondary N) is 2. The van der Waals surface area contributed by atoms with Gasteiger partial charge in [0.15, 0.2) is 0 Å². The number of amides is 2.